The first-order valence-corrected chi connectivity index (χ1v) is 22.8. The largest absolute Gasteiger partial charge is 0.480 e. The molecule has 0 saturated heterocycles. The third kappa shape index (κ3) is 22.7. The van der Waals surface area contributed by atoms with Crippen LogP contribution in [0.15, 0.2) is 0 Å². The minimum Gasteiger partial charge on any atom is -0.480 e. The van der Waals surface area contributed by atoms with Crippen LogP contribution in [0.4, 0.5) is 0 Å². The number of carboxylic acids is 1. The van der Waals surface area contributed by atoms with Crippen molar-refractivity contribution >= 4 is 96.2 Å². The van der Waals surface area contributed by atoms with Gasteiger partial charge in [-0.2, -0.15) is 37.0 Å². The van der Waals surface area contributed by atoms with Crippen LogP contribution in [0, 0.1) is 11.8 Å². The molecule has 15 N–H and O–H groups in total. The Hall–Kier alpha value is -4.33. The second-order valence-corrected chi connectivity index (χ2v) is 16.9. The summed E-state index contributed by atoms with van der Waals surface area (Å²) >= 11 is 9.33. The number of thiol groups is 2. The van der Waals surface area contributed by atoms with Crippen molar-refractivity contribution in [3.8, 4) is 0 Å². The SMILES string of the molecule is CSCC[C@H](NC(=O)[C@H](CC(C)C)NC(=O)[C@H](CCCCN)NC(=O)[C@H](C)NC(=O)[C@H](CC(N)=O)NC(=O)CNC(=O)[C@@H](NC(=O)[C@@H](N)CS)C(C)C)C(=O)N[C@@H](CS)C(=O)O. The van der Waals surface area contributed by atoms with Crippen molar-refractivity contribution < 1.29 is 53.1 Å². The molecule has 8 atom stereocenters. The predicted molar refractivity (Wildman–Crippen MR) is 240 cm³/mol. The number of nitrogens with two attached hydrogens (primary N) is 3. The van der Waals surface area contributed by atoms with Gasteiger partial charge in [-0.1, -0.05) is 27.7 Å². The van der Waals surface area contributed by atoms with Gasteiger partial charge in [0.1, 0.15) is 42.3 Å². The first kappa shape index (κ1) is 57.7. The highest BCUT2D eigenvalue weighted by Gasteiger charge is 2.33. The molecule has 0 bridgehead atoms. The fourth-order valence-electron chi connectivity index (χ4n) is 5.46. The van der Waals surface area contributed by atoms with E-state index in [4.69, 9.17) is 17.2 Å². The Balaban J connectivity index is 6.00. The van der Waals surface area contributed by atoms with Gasteiger partial charge in [-0.3, -0.25) is 43.2 Å². The molecule has 0 rings (SSSR count). The maximum Gasteiger partial charge on any atom is 0.327 e. The highest BCUT2D eigenvalue weighted by atomic mass is 32.2. The monoisotopic (exact) mass is 937 g/mol. The Morgan fingerprint density at radius 3 is 1.66 bits per heavy atom. The fourth-order valence-corrected chi connectivity index (χ4v) is 6.34. The molecule has 0 saturated carbocycles. The minimum atomic E-state index is -1.59. The van der Waals surface area contributed by atoms with E-state index in [1.54, 1.807) is 34.0 Å². The van der Waals surface area contributed by atoms with Crippen LogP contribution >= 0.6 is 37.0 Å². The van der Waals surface area contributed by atoms with Gasteiger partial charge in [-0.25, -0.2) is 4.79 Å². The van der Waals surface area contributed by atoms with Crippen LogP contribution in [0.25, 0.3) is 0 Å². The van der Waals surface area contributed by atoms with Gasteiger partial charge in [-0.05, 0) is 69.4 Å². The normalized spacial score (nSPS) is 15.0. The third-order valence-electron chi connectivity index (χ3n) is 8.97. The molecular weight excluding hydrogens is 871 g/mol. The van der Waals surface area contributed by atoms with Gasteiger partial charge < -0.3 is 64.8 Å². The molecule has 0 aromatic carbocycles. The number of rotatable bonds is 31. The molecule has 0 heterocycles. The number of nitrogens with one attached hydrogen (secondary N) is 8. The summed E-state index contributed by atoms with van der Waals surface area (Å²) < 4.78 is 0. The maximum atomic E-state index is 13.8. The number of carbonyl (C=O) groups excluding carboxylic acids is 9. The first-order chi connectivity index (χ1) is 29.0. The number of unbranched alkanes of at least 4 members (excludes halogenated alkanes) is 1. The Labute approximate surface area is 377 Å². The molecule has 0 aromatic rings. The second kappa shape index (κ2) is 30.7. The van der Waals surface area contributed by atoms with Crippen molar-refractivity contribution in [3.63, 3.8) is 0 Å². The quantitative estimate of drug-likeness (QED) is 0.0235. The van der Waals surface area contributed by atoms with E-state index in [2.05, 4.69) is 67.8 Å². The van der Waals surface area contributed by atoms with Gasteiger partial charge in [0, 0.05) is 11.5 Å². The van der Waals surface area contributed by atoms with E-state index in [0.29, 0.717) is 18.6 Å². The summed E-state index contributed by atoms with van der Waals surface area (Å²) in [6, 6.07) is -9.87. The summed E-state index contributed by atoms with van der Waals surface area (Å²) in [4.78, 5) is 128. The highest BCUT2D eigenvalue weighted by Crippen LogP contribution is 2.10. The van der Waals surface area contributed by atoms with E-state index in [-0.39, 0.29) is 43.2 Å². The number of amides is 9. The van der Waals surface area contributed by atoms with Crippen LogP contribution in [0.5, 0.6) is 0 Å². The lowest BCUT2D eigenvalue weighted by atomic mass is 10.0. The van der Waals surface area contributed by atoms with Crippen molar-refractivity contribution in [1.82, 2.24) is 42.5 Å². The lowest BCUT2D eigenvalue weighted by Crippen LogP contribution is -2.59. The molecule has 0 spiro atoms. The molecule has 0 radical (unpaired) electrons. The van der Waals surface area contributed by atoms with E-state index in [1.165, 1.54) is 18.7 Å². The van der Waals surface area contributed by atoms with E-state index in [0.717, 1.165) is 0 Å². The molecule has 0 unspecified atom stereocenters. The fraction of sp³-hybridized carbons (Fsp3) is 0.730. The van der Waals surface area contributed by atoms with Crippen LogP contribution in [0.3, 0.4) is 0 Å². The van der Waals surface area contributed by atoms with Gasteiger partial charge in [0.15, 0.2) is 0 Å². The summed E-state index contributed by atoms with van der Waals surface area (Å²) in [5, 5.41) is 29.1. The zero-order valence-corrected chi connectivity index (χ0v) is 38.7. The summed E-state index contributed by atoms with van der Waals surface area (Å²) in [5.41, 5.74) is 16.6. The molecule has 62 heavy (non-hydrogen) atoms. The molecule has 25 heteroatoms. The number of carbonyl (C=O) groups is 10. The third-order valence-corrected chi connectivity index (χ3v) is 10.4. The number of carboxylic acid groups (broad SMARTS) is 1. The van der Waals surface area contributed by atoms with E-state index >= 15 is 0 Å². The van der Waals surface area contributed by atoms with Crippen LogP contribution in [-0.2, 0) is 47.9 Å². The van der Waals surface area contributed by atoms with Crippen molar-refractivity contribution in [2.24, 2.45) is 29.0 Å². The zero-order chi connectivity index (χ0) is 47.7. The average molecular weight is 938 g/mol. The Bertz CT molecular complexity index is 1540. The van der Waals surface area contributed by atoms with E-state index in [9.17, 15) is 53.1 Å². The van der Waals surface area contributed by atoms with Crippen molar-refractivity contribution in [1.29, 1.82) is 0 Å². The van der Waals surface area contributed by atoms with Gasteiger partial charge in [0.05, 0.1) is 19.0 Å². The van der Waals surface area contributed by atoms with Gasteiger partial charge in [0.2, 0.25) is 53.2 Å². The number of primary amides is 1. The highest BCUT2D eigenvalue weighted by molar-refractivity contribution is 7.98. The van der Waals surface area contributed by atoms with Crippen LogP contribution in [-0.4, -0.2) is 149 Å². The van der Waals surface area contributed by atoms with Crippen LogP contribution in [0.2, 0.25) is 0 Å². The summed E-state index contributed by atoms with van der Waals surface area (Å²) in [5.74, 6) is -8.91. The van der Waals surface area contributed by atoms with E-state index < -0.39 is 126 Å². The summed E-state index contributed by atoms with van der Waals surface area (Å²) in [6.07, 6.45) is 2.29. The maximum absolute atomic E-state index is 13.8. The van der Waals surface area contributed by atoms with Gasteiger partial charge in [-0.15, -0.1) is 0 Å². The topological polar surface area (TPSA) is 365 Å². The summed E-state index contributed by atoms with van der Waals surface area (Å²) in [7, 11) is 0. The average Bonchev–Trinajstić information content (AvgIpc) is 3.20. The van der Waals surface area contributed by atoms with Crippen molar-refractivity contribution in [3.05, 3.63) is 0 Å². The molecule has 0 aliphatic carbocycles. The first-order valence-electron chi connectivity index (χ1n) is 20.1. The van der Waals surface area contributed by atoms with Crippen molar-refractivity contribution in [2.75, 3.05) is 36.6 Å². The number of thioether (sulfide) groups is 1. The molecule has 9 amide bonds. The van der Waals surface area contributed by atoms with Gasteiger partial charge in [0.25, 0.3) is 0 Å². The lowest BCUT2D eigenvalue weighted by molar-refractivity contribution is -0.141. The molecule has 0 aromatic heterocycles. The zero-order valence-electron chi connectivity index (χ0n) is 36.1. The molecular formula is C37H67N11O11S3. The van der Waals surface area contributed by atoms with Crippen molar-refractivity contribution in [2.45, 2.75) is 121 Å². The molecule has 0 aliphatic rings. The van der Waals surface area contributed by atoms with Crippen LogP contribution < -0.4 is 59.7 Å². The molecule has 22 nitrogen and oxygen atoms in total. The smallest absolute Gasteiger partial charge is 0.327 e. The molecule has 354 valence electrons. The lowest BCUT2D eigenvalue weighted by Gasteiger charge is -2.27. The van der Waals surface area contributed by atoms with E-state index in [1.807, 2.05) is 0 Å². The predicted octanol–water partition coefficient (Wildman–Crippen LogP) is -3.75. The Morgan fingerprint density at radius 2 is 1.16 bits per heavy atom. The number of aliphatic carboxylic acids is 1. The number of hydrogen-bond acceptors (Lipinski definition) is 15. The number of hydrogen-bond donors (Lipinski definition) is 14. The van der Waals surface area contributed by atoms with Gasteiger partial charge >= 0.3 is 5.97 Å². The summed E-state index contributed by atoms with van der Waals surface area (Å²) in [6.45, 7) is 7.80. The molecule has 0 aliphatic heterocycles. The second-order valence-electron chi connectivity index (χ2n) is 15.2. The Kier molecular flexibility index (Phi) is 28.5. The minimum absolute atomic E-state index is 0.0230. The Morgan fingerprint density at radius 1 is 0.629 bits per heavy atom. The molecule has 0 fully saturated rings. The standard InChI is InChI=1S/C37H67N11O11S3/c1-18(2)13-24(35(56)45-23(10-12-62-6)33(54)47-26(17-61)37(58)59)46-32(53)22(9-7-8-11-38)44-30(51)20(5)42-34(55)25(14-27(40)49)43-28(50)15-41-36(57)29(19(3)4)48-31(52)21(39)16-60/h18-26,29,60-61H,7-17,38-39H2,1-6H3,(H2,40,49)(H,41,57)(H,42,55)(H,43,50)(H,44,51)(H,45,56)(H,46,53)(H,47,54)(H,48,52)(H,58,59)/t20-,21-,22-,23-,24-,25-,26-,29-/m0/s1. The van der Waals surface area contributed by atoms with Crippen LogP contribution in [0.1, 0.15) is 73.1 Å².